The molecule has 1 amide bonds. The van der Waals surface area contributed by atoms with Crippen LogP contribution < -0.4 is 4.90 Å². The molecule has 0 aromatic heterocycles. The maximum Gasteiger partial charge on any atom is 0.270 e. The van der Waals surface area contributed by atoms with Crippen molar-refractivity contribution in [1.29, 1.82) is 0 Å². The molecular weight excluding hydrogens is 506 g/mol. The van der Waals surface area contributed by atoms with E-state index in [9.17, 15) is 14.9 Å². The molecule has 1 heterocycles. The van der Waals surface area contributed by atoms with Crippen molar-refractivity contribution in [3.63, 3.8) is 0 Å². The van der Waals surface area contributed by atoms with E-state index in [4.69, 9.17) is 0 Å². The van der Waals surface area contributed by atoms with E-state index < -0.39 is 11.1 Å². The number of nitro benzene ring substituents is 1. The average Bonchev–Trinajstić information content (AvgIpc) is 2.87. The lowest BCUT2D eigenvalue weighted by molar-refractivity contribution is -0.384. The van der Waals surface area contributed by atoms with Crippen LogP contribution >= 0.6 is 15.9 Å². The van der Waals surface area contributed by atoms with E-state index in [-0.39, 0.29) is 11.6 Å². The van der Waals surface area contributed by atoms with Crippen molar-refractivity contribution in [2.45, 2.75) is 19.3 Å². The topological polar surface area (TPSA) is 66.7 Å². The van der Waals surface area contributed by atoms with E-state index in [0.29, 0.717) is 24.3 Å². The molecule has 0 spiro atoms. The van der Waals surface area contributed by atoms with E-state index in [0.717, 1.165) is 21.2 Å². The number of carbonyl (C=O) groups excluding carboxylic acids is 1. The molecule has 4 aromatic carbocycles. The minimum atomic E-state index is -0.461. The number of benzene rings is 4. The molecule has 1 atom stereocenters. The summed E-state index contributed by atoms with van der Waals surface area (Å²) in [5.41, 5.74) is 3.91. The first kappa shape index (κ1) is 22.8. The average molecular weight is 528 g/mol. The second-order valence-corrected chi connectivity index (χ2v) is 9.34. The molecule has 0 bridgehead atoms. The summed E-state index contributed by atoms with van der Waals surface area (Å²) in [4.78, 5) is 28.9. The number of carbonyl (C=O) groups is 1. The summed E-state index contributed by atoms with van der Waals surface area (Å²) < 4.78 is 0.913. The Morgan fingerprint density at radius 3 is 2.00 bits per heavy atom. The van der Waals surface area contributed by atoms with Gasteiger partial charge in [0.1, 0.15) is 6.17 Å². The van der Waals surface area contributed by atoms with E-state index >= 15 is 0 Å². The molecule has 0 fully saturated rings. The number of fused-ring (bicyclic) bond motifs is 1. The van der Waals surface area contributed by atoms with Gasteiger partial charge in [-0.1, -0.05) is 88.7 Å². The van der Waals surface area contributed by atoms with Crippen molar-refractivity contribution in [1.82, 2.24) is 4.90 Å². The van der Waals surface area contributed by atoms with Crippen LogP contribution in [0.4, 0.5) is 11.4 Å². The number of rotatable bonds is 6. The number of hydrogen-bond donors (Lipinski definition) is 0. The number of hydrogen-bond acceptors (Lipinski definition) is 4. The summed E-state index contributed by atoms with van der Waals surface area (Å²) in [5, 5.41) is 11.5. The third kappa shape index (κ3) is 4.68. The van der Waals surface area contributed by atoms with Crippen molar-refractivity contribution in [3.05, 3.63) is 140 Å². The zero-order chi connectivity index (χ0) is 24.4. The van der Waals surface area contributed by atoms with Crippen LogP contribution in [0, 0.1) is 10.1 Å². The Kier molecular flexibility index (Phi) is 6.33. The van der Waals surface area contributed by atoms with Gasteiger partial charge in [0, 0.05) is 29.7 Å². The fourth-order valence-electron chi connectivity index (χ4n) is 4.54. The molecule has 1 aliphatic heterocycles. The van der Waals surface area contributed by atoms with E-state index in [1.165, 1.54) is 12.1 Å². The fraction of sp³-hybridized carbons (Fsp3) is 0.107. The standard InChI is InChI=1S/C28H22BrN3O3/c29-23-13-7-12-22(16-23)27-30(18-20-8-3-1-4-9-20)26-15-14-24(32(34)35)17-25(26)28(33)31(27)19-21-10-5-2-6-11-21/h1-17,27H,18-19H2/t27-/m1/s1. The third-order valence-corrected chi connectivity index (χ3v) is 6.61. The maximum atomic E-state index is 13.9. The highest BCUT2D eigenvalue weighted by atomic mass is 79.9. The quantitative estimate of drug-likeness (QED) is 0.206. The van der Waals surface area contributed by atoms with Gasteiger partial charge in [-0.2, -0.15) is 0 Å². The van der Waals surface area contributed by atoms with Crippen LogP contribution in [0.3, 0.4) is 0 Å². The zero-order valence-electron chi connectivity index (χ0n) is 18.8. The molecule has 1 aliphatic rings. The Morgan fingerprint density at radius 2 is 1.40 bits per heavy atom. The first-order valence-corrected chi connectivity index (χ1v) is 12.0. The Morgan fingerprint density at radius 1 is 0.771 bits per heavy atom. The lowest BCUT2D eigenvalue weighted by Gasteiger charge is -2.46. The maximum absolute atomic E-state index is 13.9. The highest BCUT2D eigenvalue weighted by molar-refractivity contribution is 9.10. The van der Waals surface area contributed by atoms with Gasteiger partial charge < -0.3 is 9.80 Å². The molecule has 0 unspecified atom stereocenters. The molecular formula is C28H22BrN3O3. The van der Waals surface area contributed by atoms with Gasteiger partial charge in [0.25, 0.3) is 11.6 Å². The Bertz CT molecular complexity index is 1380. The van der Waals surface area contributed by atoms with E-state index in [1.54, 1.807) is 11.0 Å². The van der Waals surface area contributed by atoms with E-state index in [1.807, 2.05) is 84.9 Å². The van der Waals surface area contributed by atoms with Crippen molar-refractivity contribution in [2.24, 2.45) is 0 Å². The lowest BCUT2D eigenvalue weighted by atomic mass is 9.98. The number of amides is 1. The second-order valence-electron chi connectivity index (χ2n) is 8.42. The summed E-state index contributed by atoms with van der Waals surface area (Å²) >= 11 is 3.58. The summed E-state index contributed by atoms with van der Waals surface area (Å²) in [6.45, 7) is 0.895. The Labute approximate surface area is 211 Å². The second kappa shape index (κ2) is 9.72. The molecule has 0 saturated heterocycles. The molecule has 174 valence electrons. The van der Waals surface area contributed by atoms with Gasteiger partial charge in [-0.3, -0.25) is 14.9 Å². The molecule has 4 aromatic rings. The highest BCUT2D eigenvalue weighted by Gasteiger charge is 2.39. The van der Waals surface area contributed by atoms with Crippen LogP contribution in [0.25, 0.3) is 0 Å². The smallest absolute Gasteiger partial charge is 0.270 e. The number of nitrogens with zero attached hydrogens (tertiary/aromatic N) is 3. The number of nitro groups is 1. The summed E-state index contributed by atoms with van der Waals surface area (Å²) in [6.07, 6.45) is -0.408. The van der Waals surface area contributed by atoms with Gasteiger partial charge in [0.05, 0.1) is 16.2 Å². The van der Waals surface area contributed by atoms with E-state index in [2.05, 4.69) is 20.8 Å². The normalized spacial score (nSPS) is 15.1. The van der Waals surface area contributed by atoms with Gasteiger partial charge in [-0.25, -0.2) is 0 Å². The number of anilines is 1. The molecule has 5 rings (SSSR count). The molecule has 0 aliphatic carbocycles. The third-order valence-electron chi connectivity index (χ3n) is 6.12. The van der Waals surface area contributed by atoms with Crippen molar-refractivity contribution < 1.29 is 9.72 Å². The predicted molar refractivity (Wildman–Crippen MR) is 139 cm³/mol. The van der Waals surface area contributed by atoms with Gasteiger partial charge in [-0.05, 0) is 34.9 Å². The first-order valence-electron chi connectivity index (χ1n) is 11.2. The Hall–Kier alpha value is -3.97. The highest BCUT2D eigenvalue weighted by Crippen LogP contribution is 2.42. The molecule has 0 saturated carbocycles. The summed E-state index contributed by atoms with van der Waals surface area (Å²) in [5.74, 6) is -0.234. The summed E-state index contributed by atoms with van der Waals surface area (Å²) in [7, 11) is 0. The van der Waals surface area contributed by atoms with Crippen LogP contribution in [-0.4, -0.2) is 15.7 Å². The minimum Gasteiger partial charge on any atom is -0.342 e. The van der Waals surface area contributed by atoms with Crippen molar-refractivity contribution in [2.75, 3.05) is 4.90 Å². The fourth-order valence-corrected chi connectivity index (χ4v) is 4.96. The first-order chi connectivity index (χ1) is 17.0. The monoisotopic (exact) mass is 527 g/mol. The van der Waals surface area contributed by atoms with Crippen LogP contribution in [0.5, 0.6) is 0 Å². The van der Waals surface area contributed by atoms with Crippen LogP contribution in [0.1, 0.15) is 33.2 Å². The molecule has 7 heteroatoms. The van der Waals surface area contributed by atoms with Gasteiger partial charge >= 0.3 is 0 Å². The molecule has 0 radical (unpaired) electrons. The number of halogens is 1. The largest absolute Gasteiger partial charge is 0.342 e. The Balaban J connectivity index is 1.70. The predicted octanol–water partition coefficient (Wildman–Crippen LogP) is 6.72. The molecule has 0 N–H and O–H groups in total. The number of non-ortho nitro benzene ring substituents is 1. The molecule has 35 heavy (non-hydrogen) atoms. The van der Waals surface area contributed by atoms with Crippen molar-refractivity contribution >= 4 is 33.2 Å². The SMILES string of the molecule is O=C1c2cc([N+](=O)[O-])ccc2N(Cc2ccccc2)[C@@H](c2cccc(Br)c2)N1Cc1ccccc1. The minimum absolute atomic E-state index is 0.0997. The van der Waals surface area contributed by atoms with Crippen LogP contribution in [-0.2, 0) is 13.1 Å². The zero-order valence-corrected chi connectivity index (χ0v) is 20.3. The van der Waals surface area contributed by atoms with Gasteiger partial charge in [0.2, 0.25) is 0 Å². The van der Waals surface area contributed by atoms with Gasteiger partial charge in [-0.15, -0.1) is 0 Å². The van der Waals surface area contributed by atoms with Crippen molar-refractivity contribution in [3.8, 4) is 0 Å². The lowest BCUT2D eigenvalue weighted by Crippen LogP contribution is -2.48. The molecule has 6 nitrogen and oxygen atoms in total. The van der Waals surface area contributed by atoms with Gasteiger partial charge in [0.15, 0.2) is 0 Å². The van der Waals surface area contributed by atoms with Crippen LogP contribution in [0.15, 0.2) is 108 Å². The van der Waals surface area contributed by atoms with Crippen LogP contribution in [0.2, 0.25) is 0 Å². The summed E-state index contributed by atoms with van der Waals surface area (Å²) in [6, 6.07) is 32.3.